The van der Waals surface area contributed by atoms with Crippen LogP contribution >= 0.6 is 24.0 Å². The first-order chi connectivity index (χ1) is 11.8. The number of halogens is 2. The molecular weight excluding hydrogens is 357 g/mol. The van der Waals surface area contributed by atoms with Crippen LogP contribution in [0, 0.1) is 0 Å². The maximum atomic E-state index is 6.24. The molecule has 0 N–H and O–H groups in total. The number of hydrogen-bond acceptors (Lipinski definition) is 3. The van der Waals surface area contributed by atoms with E-state index in [1.807, 2.05) is 30.3 Å². The molecule has 136 valence electrons. The van der Waals surface area contributed by atoms with Gasteiger partial charge in [0.15, 0.2) is 0 Å². The van der Waals surface area contributed by atoms with Gasteiger partial charge in [-0.1, -0.05) is 54.1 Å². The second-order valence-corrected chi connectivity index (χ2v) is 6.46. The fourth-order valence-corrected chi connectivity index (χ4v) is 3.09. The molecule has 0 aliphatic carbocycles. The van der Waals surface area contributed by atoms with Gasteiger partial charge in [-0.15, -0.1) is 12.4 Å². The maximum absolute atomic E-state index is 6.24. The molecule has 0 saturated carbocycles. The van der Waals surface area contributed by atoms with Crippen molar-refractivity contribution in [2.45, 2.75) is 12.5 Å². The van der Waals surface area contributed by atoms with Gasteiger partial charge in [0.25, 0.3) is 0 Å². The lowest BCUT2D eigenvalue weighted by Crippen LogP contribution is -2.37. The van der Waals surface area contributed by atoms with E-state index in [1.165, 1.54) is 5.56 Å². The molecule has 0 radical (unpaired) electrons. The fraction of sp³-hybridized carbons (Fsp3) is 0.400. The summed E-state index contributed by atoms with van der Waals surface area (Å²) < 4.78 is 11.6. The van der Waals surface area contributed by atoms with Crippen LogP contribution in [-0.4, -0.2) is 44.4 Å². The number of ether oxygens (including phenoxy) is 2. The van der Waals surface area contributed by atoms with Crippen LogP contribution in [0.3, 0.4) is 0 Å². The third kappa shape index (κ3) is 6.28. The molecule has 2 aromatic carbocycles. The van der Waals surface area contributed by atoms with E-state index in [4.69, 9.17) is 21.1 Å². The number of hydrogen-bond donors (Lipinski definition) is 0. The van der Waals surface area contributed by atoms with Gasteiger partial charge in [-0.05, 0) is 29.7 Å². The van der Waals surface area contributed by atoms with Crippen LogP contribution in [0.15, 0.2) is 54.6 Å². The Bertz CT molecular complexity index is 601. The number of morpholine rings is 1. The van der Waals surface area contributed by atoms with Gasteiger partial charge in [0.1, 0.15) is 6.10 Å². The highest BCUT2D eigenvalue weighted by Crippen LogP contribution is 2.27. The fourth-order valence-electron chi connectivity index (χ4n) is 2.96. The molecule has 1 heterocycles. The van der Waals surface area contributed by atoms with Crippen molar-refractivity contribution >= 4 is 24.0 Å². The smallest absolute Gasteiger partial charge is 0.108 e. The molecule has 1 fully saturated rings. The minimum absolute atomic E-state index is 0. The lowest BCUT2D eigenvalue weighted by molar-refractivity contribution is 0.0267. The van der Waals surface area contributed by atoms with Gasteiger partial charge < -0.3 is 9.47 Å². The summed E-state index contributed by atoms with van der Waals surface area (Å²) >= 11 is 6.02. The lowest BCUT2D eigenvalue weighted by Gasteiger charge is -2.27. The van der Waals surface area contributed by atoms with Gasteiger partial charge in [-0.25, -0.2) is 0 Å². The average molecular weight is 382 g/mol. The van der Waals surface area contributed by atoms with Crippen LogP contribution in [-0.2, 0) is 9.47 Å². The summed E-state index contributed by atoms with van der Waals surface area (Å²) in [4.78, 5) is 2.44. The van der Waals surface area contributed by atoms with Gasteiger partial charge in [-0.3, -0.25) is 4.90 Å². The van der Waals surface area contributed by atoms with Crippen LogP contribution < -0.4 is 0 Å². The highest BCUT2D eigenvalue weighted by molar-refractivity contribution is 6.30. The van der Waals surface area contributed by atoms with Crippen molar-refractivity contribution in [3.63, 3.8) is 0 Å². The van der Waals surface area contributed by atoms with E-state index in [9.17, 15) is 0 Å². The standard InChI is InChI=1S/C20H24ClNO2.ClH/c21-19-9-7-18(8-10-19)20(17-5-2-1-3-6-17)24-14-4-11-22-12-15-23-16-13-22;/h1-3,5-10,20H,4,11-16H2;1H. The van der Waals surface area contributed by atoms with E-state index in [0.29, 0.717) is 0 Å². The van der Waals surface area contributed by atoms with Crippen LogP contribution in [0.4, 0.5) is 0 Å². The Morgan fingerprint density at radius 2 is 1.60 bits per heavy atom. The van der Waals surface area contributed by atoms with Crippen molar-refractivity contribution in [3.8, 4) is 0 Å². The Balaban J connectivity index is 0.00000225. The Morgan fingerprint density at radius 1 is 0.960 bits per heavy atom. The molecule has 1 aliphatic heterocycles. The van der Waals surface area contributed by atoms with E-state index in [2.05, 4.69) is 29.2 Å². The first-order valence-corrected chi connectivity index (χ1v) is 8.93. The predicted octanol–water partition coefficient (Wildman–Crippen LogP) is 4.59. The minimum atomic E-state index is -0.0480. The van der Waals surface area contributed by atoms with Crippen molar-refractivity contribution in [2.24, 2.45) is 0 Å². The van der Waals surface area contributed by atoms with Gasteiger partial charge in [-0.2, -0.15) is 0 Å². The lowest BCUT2D eigenvalue weighted by atomic mass is 10.0. The predicted molar refractivity (Wildman–Crippen MR) is 105 cm³/mol. The topological polar surface area (TPSA) is 21.7 Å². The molecule has 0 amide bonds. The van der Waals surface area contributed by atoms with Crippen LogP contribution in [0.2, 0.25) is 5.02 Å². The monoisotopic (exact) mass is 381 g/mol. The van der Waals surface area contributed by atoms with E-state index in [-0.39, 0.29) is 18.5 Å². The van der Waals surface area contributed by atoms with E-state index >= 15 is 0 Å². The molecule has 5 heteroatoms. The molecule has 1 saturated heterocycles. The van der Waals surface area contributed by atoms with Gasteiger partial charge in [0.2, 0.25) is 0 Å². The summed E-state index contributed by atoms with van der Waals surface area (Å²) in [6.45, 7) is 5.54. The first kappa shape index (κ1) is 20.2. The van der Waals surface area contributed by atoms with Gasteiger partial charge >= 0.3 is 0 Å². The van der Waals surface area contributed by atoms with E-state index in [0.717, 1.165) is 56.5 Å². The van der Waals surface area contributed by atoms with Crippen LogP contribution in [0.5, 0.6) is 0 Å². The molecular formula is C20H25Cl2NO2. The summed E-state index contributed by atoms with van der Waals surface area (Å²) in [5.74, 6) is 0. The zero-order valence-electron chi connectivity index (χ0n) is 14.3. The Hall–Kier alpha value is -1.10. The molecule has 1 atom stereocenters. The highest BCUT2D eigenvalue weighted by atomic mass is 35.5. The van der Waals surface area contributed by atoms with Crippen molar-refractivity contribution in [1.29, 1.82) is 0 Å². The summed E-state index contributed by atoms with van der Waals surface area (Å²) in [6, 6.07) is 18.3. The number of nitrogens with zero attached hydrogens (tertiary/aromatic N) is 1. The molecule has 0 spiro atoms. The zero-order valence-corrected chi connectivity index (χ0v) is 15.8. The number of benzene rings is 2. The average Bonchev–Trinajstić information content (AvgIpc) is 2.64. The van der Waals surface area contributed by atoms with E-state index in [1.54, 1.807) is 0 Å². The molecule has 0 bridgehead atoms. The quantitative estimate of drug-likeness (QED) is 0.654. The normalized spacial score (nSPS) is 16.2. The molecule has 0 aromatic heterocycles. The van der Waals surface area contributed by atoms with Crippen molar-refractivity contribution in [2.75, 3.05) is 39.5 Å². The third-order valence-electron chi connectivity index (χ3n) is 4.28. The number of rotatable bonds is 7. The maximum Gasteiger partial charge on any atom is 0.108 e. The molecule has 25 heavy (non-hydrogen) atoms. The Morgan fingerprint density at radius 3 is 2.28 bits per heavy atom. The summed E-state index contributed by atoms with van der Waals surface area (Å²) in [5, 5.41) is 0.748. The Labute approximate surface area is 161 Å². The SMILES string of the molecule is Cl.Clc1ccc(C(OCCCN2CCOCC2)c2ccccc2)cc1. The zero-order chi connectivity index (χ0) is 16.6. The summed E-state index contributed by atoms with van der Waals surface area (Å²) in [7, 11) is 0. The second kappa shape index (κ2) is 10.8. The van der Waals surface area contributed by atoms with Crippen molar-refractivity contribution in [1.82, 2.24) is 4.90 Å². The minimum Gasteiger partial charge on any atom is -0.379 e. The van der Waals surface area contributed by atoms with Gasteiger partial charge in [0, 0.05) is 31.3 Å². The van der Waals surface area contributed by atoms with Crippen LogP contribution in [0.1, 0.15) is 23.7 Å². The van der Waals surface area contributed by atoms with Crippen molar-refractivity contribution < 1.29 is 9.47 Å². The van der Waals surface area contributed by atoms with E-state index < -0.39 is 0 Å². The molecule has 3 nitrogen and oxygen atoms in total. The Kier molecular flexibility index (Phi) is 8.73. The highest BCUT2D eigenvalue weighted by Gasteiger charge is 2.15. The summed E-state index contributed by atoms with van der Waals surface area (Å²) in [5.41, 5.74) is 2.31. The van der Waals surface area contributed by atoms with Crippen LogP contribution in [0.25, 0.3) is 0 Å². The molecule has 2 aromatic rings. The summed E-state index contributed by atoms with van der Waals surface area (Å²) in [6.07, 6.45) is 0.977. The second-order valence-electron chi connectivity index (χ2n) is 6.02. The molecule has 1 aliphatic rings. The largest absolute Gasteiger partial charge is 0.379 e. The third-order valence-corrected chi connectivity index (χ3v) is 4.53. The molecule has 1 unspecified atom stereocenters. The molecule has 3 rings (SSSR count). The van der Waals surface area contributed by atoms with Crippen molar-refractivity contribution in [3.05, 3.63) is 70.7 Å². The first-order valence-electron chi connectivity index (χ1n) is 8.55. The van der Waals surface area contributed by atoms with Gasteiger partial charge in [0.05, 0.1) is 13.2 Å².